The number of para-hydroxylation sites is 2. The van der Waals surface area contributed by atoms with Crippen molar-refractivity contribution in [2.24, 2.45) is 0 Å². The van der Waals surface area contributed by atoms with Gasteiger partial charge in [-0.1, -0.05) is 29.8 Å². The van der Waals surface area contributed by atoms with Crippen molar-refractivity contribution in [3.8, 4) is 5.95 Å². The molecule has 4 rings (SSSR count). The summed E-state index contributed by atoms with van der Waals surface area (Å²) in [5, 5.41) is 3.80. The number of H-pyrrole nitrogens is 2. The number of halogens is 1. The quantitative estimate of drug-likeness (QED) is 0.543. The van der Waals surface area contributed by atoms with E-state index in [0.717, 1.165) is 21.6 Å². The minimum atomic E-state index is -0.143. The van der Waals surface area contributed by atoms with Crippen LogP contribution in [-0.4, -0.2) is 19.7 Å². The third-order valence-electron chi connectivity index (χ3n) is 3.55. The Labute approximate surface area is 146 Å². The van der Waals surface area contributed by atoms with Crippen molar-refractivity contribution in [1.29, 1.82) is 0 Å². The second kappa shape index (κ2) is 6.22. The Morgan fingerprint density at radius 1 is 1.12 bits per heavy atom. The zero-order valence-electron chi connectivity index (χ0n) is 12.5. The van der Waals surface area contributed by atoms with Gasteiger partial charge in [0.25, 0.3) is 5.56 Å². The zero-order chi connectivity index (χ0) is 16.5. The summed E-state index contributed by atoms with van der Waals surface area (Å²) in [6.07, 6.45) is 0. The summed E-state index contributed by atoms with van der Waals surface area (Å²) in [5.74, 6) is 1.13. The van der Waals surface area contributed by atoms with Crippen LogP contribution < -0.4 is 5.56 Å². The molecule has 2 heterocycles. The molecule has 24 heavy (non-hydrogen) atoms. The van der Waals surface area contributed by atoms with Crippen LogP contribution in [0, 0.1) is 0 Å². The van der Waals surface area contributed by atoms with E-state index in [0.29, 0.717) is 16.7 Å². The highest BCUT2D eigenvalue weighted by Crippen LogP contribution is 2.24. The minimum Gasteiger partial charge on any atom is -0.322 e. The highest BCUT2D eigenvalue weighted by molar-refractivity contribution is 7.98. The Hall–Kier alpha value is -2.44. The molecular formula is C17H13ClN4OS. The molecule has 2 aromatic carbocycles. The molecule has 0 fully saturated rings. The van der Waals surface area contributed by atoms with Crippen LogP contribution in [0.5, 0.6) is 0 Å². The van der Waals surface area contributed by atoms with Gasteiger partial charge in [0, 0.05) is 27.4 Å². The number of thioether (sulfide) groups is 1. The standard InChI is InChI=1S/C17H13ClN4OS/c18-11-4-3-5-13(8-11)24-10-12-9-16(23)22(21-12)17-19-14-6-1-2-7-15(14)20-17/h1-9,21H,10H2,(H,19,20). The SMILES string of the molecule is O=c1cc(CSc2cccc(Cl)c2)[nH]n1-c1nc2ccccc2[nH]1. The molecule has 0 atom stereocenters. The molecule has 0 bridgehead atoms. The number of rotatable bonds is 4. The predicted octanol–water partition coefficient (Wildman–Crippen LogP) is 3.99. The molecule has 5 nitrogen and oxygen atoms in total. The Bertz CT molecular complexity index is 1030. The normalized spacial score (nSPS) is 11.2. The summed E-state index contributed by atoms with van der Waals surface area (Å²) >= 11 is 7.60. The molecule has 2 aromatic heterocycles. The van der Waals surface area contributed by atoms with Gasteiger partial charge in [0.2, 0.25) is 5.95 Å². The number of fused-ring (bicyclic) bond motifs is 1. The Kier molecular flexibility index (Phi) is 3.92. The van der Waals surface area contributed by atoms with Gasteiger partial charge in [-0.3, -0.25) is 9.89 Å². The van der Waals surface area contributed by atoms with Crippen LogP contribution in [0.3, 0.4) is 0 Å². The Morgan fingerprint density at radius 3 is 2.83 bits per heavy atom. The summed E-state index contributed by atoms with van der Waals surface area (Å²) in [4.78, 5) is 20.9. The summed E-state index contributed by atoms with van der Waals surface area (Å²) < 4.78 is 1.42. The fraction of sp³-hybridized carbons (Fsp3) is 0.0588. The van der Waals surface area contributed by atoms with Crippen LogP contribution in [0.4, 0.5) is 0 Å². The zero-order valence-corrected chi connectivity index (χ0v) is 14.1. The lowest BCUT2D eigenvalue weighted by Gasteiger charge is -2.00. The number of aromatic amines is 2. The van der Waals surface area contributed by atoms with Crippen molar-refractivity contribution in [3.63, 3.8) is 0 Å². The average molecular weight is 357 g/mol. The van der Waals surface area contributed by atoms with Crippen LogP contribution >= 0.6 is 23.4 Å². The van der Waals surface area contributed by atoms with Crippen molar-refractivity contribution in [2.75, 3.05) is 0 Å². The summed E-state index contributed by atoms with van der Waals surface area (Å²) in [7, 11) is 0. The molecule has 120 valence electrons. The largest absolute Gasteiger partial charge is 0.322 e. The highest BCUT2D eigenvalue weighted by atomic mass is 35.5. The molecule has 0 unspecified atom stereocenters. The van der Waals surface area contributed by atoms with Gasteiger partial charge in [-0.2, -0.15) is 4.68 Å². The lowest BCUT2D eigenvalue weighted by Crippen LogP contribution is -2.14. The maximum absolute atomic E-state index is 12.2. The number of nitrogens with zero attached hydrogens (tertiary/aromatic N) is 2. The molecule has 2 N–H and O–H groups in total. The summed E-state index contributed by atoms with van der Waals surface area (Å²) in [6, 6.07) is 16.9. The third kappa shape index (κ3) is 2.98. The molecule has 0 amide bonds. The van der Waals surface area contributed by atoms with Crippen LogP contribution in [-0.2, 0) is 5.75 Å². The highest BCUT2D eigenvalue weighted by Gasteiger charge is 2.10. The van der Waals surface area contributed by atoms with E-state index in [1.165, 1.54) is 4.68 Å². The molecule has 7 heteroatoms. The maximum atomic E-state index is 12.2. The number of imidazole rings is 1. The first-order valence-electron chi connectivity index (χ1n) is 7.33. The van der Waals surface area contributed by atoms with E-state index in [-0.39, 0.29) is 5.56 Å². The van der Waals surface area contributed by atoms with E-state index in [9.17, 15) is 4.79 Å². The van der Waals surface area contributed by atoms with Crippen molar-refractivity contribution in [3.05, 3.63) is 75.7 Å². The molecule has 0 spiro atoms. The number of nitrogens with one attached hydrogen (secondary N) is 2. The van der Waals surface area contributed by atoms with Crippen molar-refractivity contribution in [1.82, 2.24) is 19.7 Å². The van der Waals surface area contributed by atoms with Crippen LogP contribution in [0.2, 0.25) is 5.02 Å². The number of hydrogen-bond donors (Lipinski definition) is 2. The monoisotopic (exact) mass is 356 g/mol. The van der Waals surface area contributed by atoms with Gasteiger partial charge in [-0.05, 0) is 30.3 Å². The minimum absolute atomic E-state index is 0.143. The molecule has 0 aliphatic carbocycles. The first-order chi connectivity index (χ1) is 11.7. The van der Waals surface area contributed by atoms with Crippen molar-refractivity contribution < 1.29 is 0 Å². The summed E-state index contributed by atoms with van der Waals surface area (Å²) in [6.45, 7) is 0. The van der Waals surface area contributed by atoms with Crippen LogP contribution in [0.15, 0.2) is 64.3 Å². The van der Waals surface area contributed by atoms with E-state index in [2.05, 4.69) is 15.1 Å². The van der Waals surface area contributed by atoms with Gasteiger partial charge in [0.15, 0.2) is 0 Å². The second-order valence-corrected chi connectivity index (χ2v) is 6.76. The first kappa shape index (κ1) is 15.1. The predicted molar refractivity (Wildman–Crippen MR) is 97.1 cm³/mol. The Balaban J connectivity index is 1.59. The number of aromatic nitrogens is 4. The van der Waals surface area contributed by atoms with E-state index >= 15 is 0 Å². The van der Waals surface area contributed by atoms with E-state index in [1.807, 2.05) is 48.5 Å². The van der Waals surface area contributed by atoms with Gasteiger partial charge in [0.1, 0.15) is 0 Å². The topological polar surface area (TPSA) is 66.5 Å². The smallest absolute Gasteiger partial charge is 0.274 e. The van der Waals surface area contributed by atoms with E-state index in [1.54, 1.807) is 17.8 Å². The van der Waals surface area contributed by atoms with Crippen molar-refractivity contribution >= 4 is 34.4 Å². The molecule has 4 aromatic rings. The molecule has 0 saturated carbocycles. The third-order valence-corrected chi connectivity index (χ3v) is 4.83. The molecule has 0 aliphatic heterocycles. The van der Waals surface area contributed by atoms with E-state index in [4.69, 9.17) is 11.6 Å². The second-order valence-electron chi connectivity index (χ2n) is 5.28. The van der Waals surface area contributed by atoms with Gasteiger partial charge in [-0.15, -0.1) is 11.8 Å². The van der Waals surface area contributed by atoms with Gasteiger partial charge >= 0.3 is 0 Å². The summed E-state index contributed by atoms with van der Waals surface area (Å²) in [5.41, 5.74) is 2.40. The molecule has 0 saturated heterocycles. The van der Waals surface area contributed by atoms with Gasteiger partial charge < -0.3 is 4.98 Å². The molecule has 0 aliphatic rings. The molecule has 0 radical (unpaired) electrons. The van der Waals surface area contributed by atoms with Crippen molar-refractivity contribution in [2.45, 2.75) is 10.6 Å². The van der Waals surface area contributed by atoms with E-state index < -0.39 is 0 Å². The maximum Gasteiger partial charge on any atom is 0.274 e. The van der Waals surface area contributed by atoms with Gasteiger partial charge in [-0.25, -0.2) is 4.98 Å². The Morgan fingerprint density at radius 2 is 2.00 bits per heavy atom. The fourth-order valence-corrected chi connectivity index (χ4v) is 3.55. The lowest BCUT2D eigenvalue weighted by atomic mass is 10.3. The molecular weight excluding hydrogens is 344 g/mol. The lowest BCUT2D eigenvalue weighted by molar-refractivity contribution is 0.789. The van der Waals surface area contributed by atoms with Crippen LogP contribution in [0.1, 0.15) is 5.69 Å². The fourth-order valence-electron chi connectivity index (χ4n) is 2.44. The number of benzene rings is 2. The average Bonchev–Trinajstić information content (AvgIpc) is 3.16. The number of hydrogen-bond acceptors (Lipinski definition) is 3. The van der Waals surface area contributed by atoms with Gasteiger partial charge in [0.05, 0.1) is 11.0 Å². The first-order valence-corrected chi connectivity index (χ1v) is 8.70. The van der Waals surface area contributed by atoms with Crippen LogP contribution in [0.25, 0.3) is 17.0 Å².